The van der Waals surface area contributed by atoms with Crippen molar-refractivity contribution in [3.8, 4) is 17.2 Å². The van der Waals surface area contributed by atoms with Crippen LogP contribution in [0.5, 0.6) is 5.75 Å². The fraction of sp³-hybridized carbons (Fsp3) is 0.0526. The summed E-state index contributed by atoms with van der Waals surface area (Å²) in [5.41, 5.74) is 1.67. The van der Waals surface area contributed by atoms with Crippen LogP contribution in [-0.4, -0.2) is 12.1 Å². The molecule has 1 aromatic heterocycles. The molecular formula is C19H14N2O2S. The molecule has 0 radical (unpaired) electrons. The second-order valence-electron chi connectivity index (χ2n) is 5.21. The van der Waals surface area contributed by atoms with Crippen LogP contribution in [0.3, 0.4) is 0 Å². The number of nitrogens with zero attached hydrogens (tertiary/aromatic N) is 2. The maximum Gasteiger partial charge on any atom is 0.248 e. The molecule has 0 aliphatic heterocycles. The van der Waals surface area contributed by atoms with E-state index in [4.69, 9.17) is 8.59 Å². The fourth-order valence-electron chi connectivity index (χ4n) is 2.50. The quantitative estimate of drug-likeness (QED) is 0.541. The van der Waals surface area contributed by atoms with E-state index in [9.17, 15) is 0 Å². The van der Waals surface area contributed by atoms with Crippen molar-refractivity contribution >= 4 is 28.1 Å². The number of hydrogen-bond acceptors (Lipinski definition) is 5. The lowest BCUT2D eigenvalue weighted by atomic mass is 10.1. The summed E-state index contributed by atoms with van der Waals surface area (Å²) in [6.07, 6.45) is 0. The van der Waals surface area contributed by atoms with Gasteiger partial charge in [-0.15, -0.1) is 0 Å². The molecule has 4 aromatic rings. The maximum atomic E-state index is 5.64. The molecule has 0 fully saturated rings. The molecule has 118 valence electrons. The third kappa shape index (κ3) is 2.81. The van der Waals surface area contributed by atoms with E-state index < -0.39 is 0 Å². The molecule has 1 heterocycles. The van der Waals surface area contributed by atoms with Crippen LogP contribution in [0.4, 0.5) is 5.69 Å². The maximum absolute atomic E-state index is 5.64. The Kier molecular flexibility index (Phi) is 3.84. The Labute approximate surface area is 142 Å². The van der Waals surface area contributed by atoms with Gasteiger partial charge in [0.1, 0.15) is 11.4 Å². The Hall–Kier alpha value is -2.92. The molecule has 4 nitrogen and oxygen atoms in total. The summed E-state index contributed by atoms with van der Waals surface area (Å²) < 4.78 is 11.0. The van der Waals surface area contributed by atoms with E-state index in [1.54, 1.807) is 7.11 Å². The molecule has 0 saturated carbocycles. The summed E-state index contributed by atoms with van der Waals surface area (Å²) in [6, 6.07) is 21.9. The second kappa shape index (κ2) is 6.29. The summed E-state index contributed by atoms with van der Waals surface area (Å²) in [5, 5.41) is 2.34. The Morgan fingerprint density at radius 1 is 0.958 bits per heavy atom. The summed E-state index contributed by atoms with van der Waals surface area (Å²) >= 11 is 1.16. The lowest BCUT2D eigenvalue weighted by Gasteiger charge is -2.01. The van der Waals surface area contributed by atoms with Gasteiger partial charge in [-0.2, -0.15) is 4.98 Å². The minimum Gasteiger partial charge on any atom is -0.494 e. The average Bonchev–Trinajstić information content (AvgIpc) is 3.10. The number of fused-ring (bicyclic) bond motifs is 1. The highest BCUT2D eigenvalue weighted by atomic mass is 32.1. The van der Waals surface area contributed by atoms with Crippen LogP contribution >= 0.6 is 11.6 Å². The minimum absolute atomic E-state index is 0.558. The van der Waals surface area contributed by atoms with Crippen molar-refractivity contribution in [3.05, 3.63) is 71.5 Å². The predicted molar refractivity (Wildman–Crippen MR) is 95.5 cm³/mol. The first-order valence-electron chi connectivity index (χ1n) is 7.47. The molecule has 0 aliphatic carbocycles. The largest absolute Gasteiger partial charge is 0.494 e. The first-order chi connectivity index (χ1) is 11.8. The number of rotatable bonds is 3. The van der Waals surface area contributed by atoms with Gasteiger partial charge in [0.15, 0.2) is 0 Å². The molecule has 4 rings (SSSR count). The van der Waals surface area contributed by atoms with Crippen LogP contribution in [0, 0.1) is 0 Å². The van der Waals surface area contributed by atoms with E-state index in [1.807, 2.05) is 42.5 Å². The second-order valence-corrected chi connectivity index (χ2v) is 5.91. The van der Waals surface area contributed by atoms with Crippen molar-refractivity contribution in [1.82, 2.24) is 4.98 Å². The van der Waals surface area contributed by atoms with Crippen molar-refractivity contribution in [2.45, 2.75) is 0 Å². The number of para-hydroxylation sites is 2. The van der Waals surface area contributed by atoms with Crippen LogP contribution in [0.15, 0.2) is 75.6 Å². The summed E-state index contributed by atoms with van der Waals surface area (Å²) in [6.45, 7) is 0. The molecule has 0 amide bonds. The molecule has 0 saturated heterocycles. The van der Waals surface area contributed by atoms with Gasteiger partial charge in [-0.25, -0.2) is 4.99 Å². The predicted octanol–water partition coefficient (Wildman–Crippen LogP) is 4.80. The zero-order valence-corrected chi connectivity index (χ0v) is 13.8. The van der Waals surface area contributed by atoms with Gasteiger partial charge in [-0.05, 0) is 35.0 Å². The Morgan fingerprint density at radius 2 is 1.75 bits per heavy atom. The van der Waals surface area contributed by atoms with E-state index in [2.05, 4.69) is 34.2 Å². The van der Waals surface area contributed by atoms with Gasteiger partial charge < -0.3 is 8.59 Å². The van der Waals surface area contributed by atoms with Crippen molar-refractivity contribution in [2.75, 3.05) is 7.11 Å². The molecular weight excluding hydrogens is 320 g/mol. The Bertz CT molecular complexity index is 1070. The first kappa shape index (κ1) is 14.7. The van der Waals surface area contributed by atoms with Crippen molar-refractivity contribution in [2.24, 2.45) is 4.99 Å². The Balaban J connectivity index is 1.75. The lowest BCUT2D eigenvalue weighted by molar-refractivity contribution is 0.416. The number of methoxy groups -OCH3 is 1. The zero-order valence-electron chi connectivity index (χ0n) is 13.0. The molecule has 0 aliphatic rings. The molecule has 5 heteroatoms. The van der Waals surface area contributed by atoms with E-state index >= 15 is 0 Å². The molecule has 24 heavy (non-hydrogen) atoms. The van der Waals surface area contributed by atoms with Crippen molar-refractivity contribution in [1.29, 1.82) is 0 Å². The fourth-order valence-corrected chi connectivity index (χ4v) is 3.05. The number of hydrogen-bond donors (Lipinski definition) is 0. The molecule has 0 atom stereocenters. The van der Waals surface area contributed by atoms with E-state index in [0.29, 0.717) is 16.4 Å². The highest BCUT2D eigenvalue weighted by molar-refractivity contribution is 7.00. The van der Waals surface area contributed by atoms with Gasteiger partial charge in [0, 0.05) is 5.56 Å². The highest BCUT2D eigenvalue weighted by Crippen LogP contribution is 2.26. The molecule has 3 aromatic carbocycles. The smallest absolute Gasteiger partial charge is 0.248 e. The van der Waals surface area contributed by atoms with Gasteiger partial charge in [-0.1, -0.05) is 42.5 Å². The van der Waals surface area contributed by atoms with Crippen molar-refractivity contribution in [3.63, 3.8) is 0 Å². The molecule has 0 N–H and O–H groups in total. The van der Waals surface area contributed by atoms with Gasteiger partial charge in [0.2, 0.25) is 10.7 Å². The van der Waals surface area contributed by atoms with Crippen LogP contribution in [0.25, 0.3) is 22.2 Å². The monoisotopic (exact) mass is 334 g/mol. The van der Waals surface area contributed by atoms with Gasteiger partial charge in [0.05, 0.1) is 18.7 Å². The van der Waals surface area contributed by atoms with Gasteiger partial charge in [0.25, 0.3) is 0 Å². The third-order valence-electron chi connectivity index (χ3n) is 3.69. The highest BCUT2D eigenvalue weighted by Gasteiger charge is 2.07. The van der Waals surface area contributed by atoms with Crippen LogP contribution in [0.2, 0.25) is 0 Å². The Morgan fingerprint density at radius 3 is 2.62 bits per heavy atom. The molecule has 0 unspecified atom stereocenters. The first-order valence-corrected chi connectivity index (χ1v) is 8.22. The zero-order chi connectivity index (χ0) is 16.4. The normalized spacial score (nSPS) is 11.8. The lowest BCUT2D eigenvalue weighted by Crippen LogP contribution is -1.97. The van der Waals surface area contributed by atoms with Gasteiger partial charge >= 0.3 is 0 Å². The minimum atomic E-state index is 0.558. The van der Waals surface area contributed by atoms with Crippen LogP contribution in [0.1, 0.15) is 0 Å². The van der Waals surface area contributed by atoms with E-state index in [-0.39, 0.29) is 0 Å². The van der Waals surface area contributed by atoms with Gasteiger partial charge in [-0.3, -0.25) is 0 Å². The SMILES string of the molecule is COc1ccccc1N=c1nc(-c2ccc3ccccc3c2)os1. The third-order valence-corrected chi connectivity index (χ3v) is 4.26. The molecule has 0 spiro atoms. The summed E-state index contributed by atoms with van der Waals surface area (Å²) in [5.74, 6) is 1.28. The van der Waals surface area contributed by atoms with E-state index in [0.717, 1.165) is 28.3 Å². The number of ether oxygens (including phenoxy) is 1. The van der Waals surface area contributed by atoms with Crippen LogP contribution in [-0.2, 0) is 0 Å². The average molecular weight is 334 g/mol. The standard InChI is InChI=1S/C19H14N2O2S/c1-22-17-9-5-4-8-16(17)20-19-21-18(23-24-19)15-11-10-13-6-2-3-7-14(13)12-15/h2-12H,1H3. The van der Waals surface area contributed by atoms with E-state index in [1.165, 1.54) is 5.39 Å². The summed E-state index contributed by atoms with van der Waals surface area (Å²) in [4.78, 5) is 9.55. The van der Waals surface area contributed by atoms with Crippen molar-refractivity contribution < 1.29 is 8.59 Å². The van der Waals surface area contributed by atoms with Crippen LogP contribution < -0.4 is 9.54 Å². The topological polar surface area (TPSA) is 47.6 Å². The summed E-state index contributed by atoms with van der Waals surface area (Å²) in [7, 11) is 1.63. The number of aromatic nitrogens is 1. The number of benzene rings is 3. The molecule has 0 bridgehead atoms.